The second-order valence-corrected chi connectivity index (χ2v) is 0.819. The molecule has 0 N–H and O–H groups in total. The van der Waals surface area contributed by atoms with E-state index in [0.29, 0.717) is 0 Å². The summed E-state index contributed by atoms with van der Waals surface area (Å²) in [6.45, 7) is 1.58. The molecule has 0 bridgehead atoms. The fourth-order valence-corrected chi connectivity index (χ4v) is 0.224. The van der Waals surface area contributed by atoms with Crippen LogP contribution >= 0.6 is 0 Å². The van der Waals surface area contributed by atoms with E-state index in [1.165, 1.54) is 0 Å². The Morgan fingerprint density at radius 3 is 2.00 bits per heavy atom. The van der Waals surface area contributed by atoms with Crippen LogP contribution in [-0.2, 0) is 0 Å². The van der Waals surface area contributed by atoms with Gasteiger partial charge in [-0.3, -0.25) is 0 Å². The van der Waals surface area contributed by atoms with Crippen LogP contribution in [0.15, 0.2) is 10.2 Å². The smallest absolute Gasteiger partial charge is 0.119 e. The van der Waals surface area contributed by atoms with Gasteiger partial charge in [0.1, 0.15) is 23.3 Å². The summed E-state index contributed by atoms with van der Waals surface area (Å²) in [5.74, 6) is 0. The molecule has 5 heavy (non-hydrogen) atoms. The Hall–Kier alpha value is -0.690. The third kappa shape index (κ3) is 0.306. The number of hydrogen-bond donors (Lipinski definition) is 0. The molecule has 0 spiro atoms. The van der Waals surface area contributed by atoms with Crippen LogP contribution < -0.4 is 4.91 Å². The van der Waals surface area contributed by atoms with Gasteiger partial charge in [-0.05, 0) is 0 Å². The molecule has 1 rings (SSSR count). The Labute approximate surface area is 29.4 Å². The van der Waals surface area contributed by atoms with Crippen LogP contribution in [0, 0.1) is 0 Å². The monoisotopic (exact) mass is 70.0 g/mol. The molecule has 0 aromatic heterocycles. The van der Waals surface area contributed by atoms with Crippen LogP contribution in [0.25, 0.3) is 0 Å². The zero-order valence-corrected chi connectivity index (χ0v) is 2.76. The topological polar surface area (TPSA) is 38.8 Å². The summed E-state index contributed by atoms with van der Waals surface area (Å²) in [6.07, 6.45) is 0. The molecular weight excluding hydrogens is 66.0 g/mol. The zero-order chi connectivity index (χ0) is 3.54. The molecule has 0 aromatic rings. The van der Waals surface area contributed by atoms with Crippen LogP contribution in [0.2, 0.25) is 0 Å². The van der Waals surface area contributed by atoms with E-state index in [-0.39, 0.29) is 0 Å². The van der Waals surface area contributed by atoms with Crippen molar-refractivity contribution in [3.05, 3.63) is 0 Å². The lowest BCUT2D eigenvalue weighted by atomic mass is 10.7. The largest absolute Gasteiger partial charge is 0.217 e. The van der Waals surface area contributed by atoms with E-state index in [0.717, 1.165) is 13.1 Å². The Bertz CT molecular complexity index is 70.9. The van der Waals surface area contributed by atoms with Crippen molar-refractivity contribution in [3.63, 3.8) is 0 Å². The fourth-order valence-electron chi connectivity index (χ4n) is 0.224. The van der Waals surface area contributed by atoms with Crippen LogP contribution in [-0.4, -0.2) is 13.1 Å². The van der Waals surface area contributed by atoms with Gasteiger partial charge in [0, 0.05) is 0 Å². The van der Waals surface area contributed by atoms with Gasteiger partial charge < -0.3 is 0 Å². The Morgan fingerprint density at radius 1 is 1.20 bits per heavy atom. The van der Waals surface area contributed by atoms with Gasteiger partial charge in [0.2, 0.25) is 4.91 Å². The predicted molar refractivity (Wildman–Crippen MR) is 16.7 cm³/mol. The SMILES string of the molecule is C1CN=[N+]=N1. The van der Waals surface area contributed by atoms with Crippen molar-refractivity contribution in [2.75, 3.05) is 13.1 Å². The van der Waals surface area contributed by atoms with Gasteiger partial charge >= 0.3 is 0 Å². The van der Waals surface area contributed by atoms with Crippen molar-refractivity contribution >= 4 is 0 Å². The second-order valence-electron chi connectivity index (χ2n) is 0.819. The maximum Gasteiger partial charge on any atom is 0.217 e. The molecule has 0 fully saturated rings. The average molecular weight is 70.1 g/mol. The molecule has 0 unspecified atom stereocenters. The Kier molecular flexibility index (Phi) is 0.483. The summed E-state index contributed by atoms with van der Waals surface area (Å²) in [6, 6.07) is 0. The number of hydrogen-bond acceptors (Lipinski definition) is 2. The lowest BCUT2D eigenvalue weighted by Gasteiger charge is -1.48. The van der Waals surface area contributed by atoms with Gasteiger partial charge in [0.05, 0.1) is 0 Å². The quantitative estimate of drug-likeness (QED) is 0.359. The van der Waals surface area contributed by atoms with Crippen molar-refractivity contribution in [2.45, 2.75) is 0 Å². The third-order valence-corrected chi connectivity index (χ3v) is 0.426. The second kappa shape index (κ2) is 0.951. The molecule has 0 aliphatic carbocycles. The first-order valence-corrected chi connectivity index (χ1v) is 1.53. The minimum atomic E-state index is 0.792. The van der Waals surface area contributed by atoms with E-state index in [1.54, 1.807) is 0 Å². The molecular formula is C2H4N3+. The molecule has 0 saturated heterocycles. The summed E-state index contributed by atoms with van der Waals surface area (Å²) < 4.78 is 0. The van der Waals surface area contributed by atoms with Gasteiger partial charge in [0.15, 0.2) is 0 Å². The highest BCUT2D eigenvalue weighted by Gasteiger charge is 1.95. The molecule has 3 nitrogen and oxygen atoms in total. The Morgan fingerprint density at radius 2 is 1.80 bits per heavy atom. The Balaban J connectivity index is 2.64. The van der Waals surface area contributed by atoms with E-state index >= 15 is 0 Å². The van der Waals surface area contributed by atoms with E-state index in [2.05, 4.69) is 15.1 Å². The van der Waals surface area contributed by atoms with Crippen molar-refractivity contribution in [3.8, 4) is 0 Å². The highest BCUT2D eigenvalue weighted by molar-refractivity contribution is 4.41. The van der Waals surface area contributed by atoms with Gasteiger partial charge in [0.25, 0.3) is 0 Å². The van der Waals surface area contributed by atoms with Gasteiger partial charge in [-0.25, -0.2) is 0 Å². The summed E-state index contributed by atoms with van der Waals surface area (Å²) in [5, 5.41) is 7.08. The molecule has 0 radical (unpaired) electrons. The van der Waals surface area contributed by atoms with Crippen molar-refractivity contribution < 1.29 is 0 Å². The molecule has 1 heterocycles. The van der Waals surface area contributed by atoms with Crippen LogP contribution in [0.3, 0.4) is 0 Å². The highest BCUT2D eigenvalue weighted by Crippen LogP contribution is 1.72. The lowest BCUT2D eigenvalue weighted by molar-refractivity contribution is 1.04. The van der Waals surface area contributed by atoms with Gasteiger partial charge in [-0.15, -0.1) is 0 Å². The average Bonchev–Trinajstić information content (AvgIpc) is 1.76. The van der Waals surface area contributed by atoms with Crippen molar-refractivity contribution in [1.82, 2.24) is 4.91 Å². The first kappa shape index (κ1) is 2.54. The molecule has 0 aromatic carbocycles. The molecule has 0 amide bonds. The molecule has 26 valence electrons. The summed E-state index contributed by atoms with van der Waals surface area (Å²) >= 11 is 0. The third-order valence-electron chi connectivity index (χ3n) is 0.426. The number of rotatable bonds is 0. The van der Waals surface area contributed by atoms with Crippen molar-refractivity contribution in [2.24, 2.45) is 10.2 Å². The van der Waals surface area contributed by atoms with E-state index in [4.69, 9.17) is 0 Å². The molecule has 3 heteroatoms. The summed E-state index contributed by atoms with van der Waals surface area (Å²) in [4.78, 5) is 3.33. The minimum Gasteiger partial charge on any atom is 0.119 e. The molecule has 1 aliphatic rings. The fraction of sp³-hybridized carbons (Fsp3) is 1.00. The van der Waals surface area contributed by atoms with Crippen LogP contribution in [0.4, 0.5) is 0 Å². The maximum absolute atomic E-state index is 3.54. The number of nitrogens with zero attached hydrogens (tertiary/aromatic N) is 3. The first-order chi connectivity index (χ1) is 2.50. The molecule has 0 saturated carbocycles. The molecule has 0 atom stereocenters. The standard InChI is InChI=1S/C2H4N3/c1-2-4-5-3-1/h1-2H2/q+1. The maximum atomic E-state index is 3.54. The van der Waals surface area contributed by atoms with Gasteiger partial charge in [-0.2, -0.15) is 0 Å². The predicted octanol–water partition coefficient (Wildman–Crippen LogP) is -0.0284. The highest BCUT2D eigenvalue weighted by atomic mass is 15.3. The van der Waals surface area contributed by atoms with E-state index in [9.17, 15) is 0 Å². The first-order valence-electron chi connectivity index (χ1n) is 1.53. The summed E-state index contributed by atoms with van der Waals surface area (Å²) in [7, 11) is 0. The van der Waals surface area contributed by atoms with E-state index in [1.807, 2.05) is 0 Å². The van der Waals surface area contributed by atoms with Gasteiger partial charge in [-0.1, -0.05) is 0 Å². The normalized spacial score (nSPS) is 17.6. The summed E-state index contributed by atoms with van der Waals surface area (Å²) in [5.41, 5.74) is 0. The lowest BCUT2D eigenvalue weighted by Crippen LogP contribution is -1.73. The van der Waals surface area contributed by atoms with Crippen molar-refractivity contribution in [1.29, 1.82) is 0 Å². The van der Waals surface area contributed by atoms with E-state index < -0.39 is 0 Å². The molecule has 1 aliphatic heterocycles. The minimum absolute atomic E-state index is 0.792. The zero-order valence-electron chi connectivity index (χ0n) is 2.76. The van der Waals surface area contributed by atoms with Crippen LogP contribution in [0.1, 0.15) is 0 Å². The van der Waals surface area contributed by atoms with Crippen LogP contribution in [0.5, 0.6) is 0 Å².